The van der Waals surface area contributed by atoms with Crippen molar-refractivity contribution in [1.82, 2.24) is 14.5 Å². The number of nitrogens with zero attached hydrogens (tertiary/aromatic N) is 4. The summed E-state index contributed by atoms with van der Waals surface area (Å²) in [5, 5.41) is 9.81. The Labute approximate surface area is 224 Å². The van der Waals surface area contributed by atoms with E-state index in [-0.39, 0.29) is 11.6 Å². The highest BCUT2D eigenvalue weighted by Gasteiger charge is 2.45. The van der Waals surface area contributed by atoms with Crippen LogP contribution in [0.2, 0.25) is 0 Å². The number of benzene rings is 1. The van der Waals surface area contributed by atoms with E-state index in [0.717, 1.165) is 55.3 Å². The number of ether oxygens (including phenoxy) is 1. The van der Waals surface area contributed by atoms with Crippen molar-refractivity contribution in [3.63, 3.8) is 0 Å². The number of carbonyl (C=O) groups is 1. The van der Waals surface area contributed by atoms with E-state index in [0.29, 0.717) is 36.9 Å². The van der Waals surface area contributed by atoms with Crippen LogP contribution in [0.4, 0.5) is 5.82 Å². The molecule has 38 heavy (non-hydrogen) atoms. The first-order chi connectivity index (χ1) is 18.6. The van der Waals surface area contributed by atoms with Crippen LogP contribution in [-0.2, 0) is 9.53 Å². The van der Waals surface area contributed by atoms with Crippen LogP contribution >= 0.6 is 0 Å². The summed E-state index contributed by atoms with van der Waals surface area (Å²) >= 11 is 0. The van der Waals surface area contributed by atoms with Crippen LogP contribution in [-0.4, -0.2) is 69.5 Å². The molecule has 3 saturated heterocycles. The molecule has 4 heterocycles. The number of rotatable bonds is 4. The molecule has 2 unspecified atom stereocenters. The fourth-order valence-corrected chi connectivity index (χ4v) is 8.73. The maximum atomic E-state index is 14.1. The lowest BCUT2D eigenvalue weighted by Crippen LogP contribution is -2.61. The average Bonchev–Trinajstić information content (AvgIpc) is 3.16. The van der Waals surface area contributed by atoms with E-state index in [4.69, 9.17) is 9.72 Å². The molecule has 0 amide bonds. The number of carboxylic acids is 1. The number of aliphatic carboxylic acids is 1. The number of hydrogen-bond donors (Lipinski definition) is 1. The summed E-state index contributed by atoms with van der Waals surface area (Å²) < 4.78 is 8.09. The largest absolute Gasteiger partial charge is 0.480 e. The molecule has 8 nitrogen and oxygen atoms in total. The van der Waals surface area contributed by atoms with Crippen LogP contribution in [0.1, 0.15) is 76.7 Å². The highest BCUT2D eigenvalue weighted by Crippen LogP contribution is 2.44. The number of para-hydroxylation sites is 2. The Balaban J connectivity index is 1.24. The molecule has 3 aliphatic heterocycles. The standard InChI is InChI=1S/C30H40N4O4/c35-29-28(32-12-4-9-27(32)30(36)37)31-25-7-1-2-8-26(25)34(29)22-15-23-17-38-18-24(16-22)33(23)21-13-19-5-3-6-20(14-21)11-10-19/h1-2,7-8,19-24,27H,3-6,9-18H2,(H,36,37)/t19-,20+,21?,22?,23-,24+,27-/m0/s1. The van der Waals surface area contributed by atoms with E-state index in [1.54, 1.807) is 4.90 Å². The van der Waals surface area contributed by atoms with Crippen molar-refractivity contribution in [2.24, 2.45) is 11.8 Å². The van der Waals surface area contributed by atoms with Crippen molar-refractivity contribution in [2.45, 2.75) is 101 Å². The van der Waals surface area contributed by atoms with E-state index < -0.39 is 12.0 Å². The number of hydrogen-bond acceptors (Lipinski definition) is 6. The van der Waals surface area contributed by atoms with Gasteiger partial charge in [0, 0.05) is 30.7 Å². The van der Waals surface area contributed by atoms with Crippen LogP contribution < -0.4 is 10.5 Å². The van der Waals surface area contributed by atoms with Gasteiger partial charge in [0.25, 0.3) is 5.56 Å². The Morgan fingerprint density at radius 2 is 1.58 bits per heavy atom. The molecule has 204 valence electrons. The van der Waals surface area contributed by atoms with E-state index in [1.807, 2.05) is 28.8 Å². The first-order valence-corrected chi connectivity index (χ1v) is 14.9. The zero-order chi connectivity index (χ0) is 25.8. The number of aromatic nitrogens is 2. The second kappa shape index (κ2) is 9.94. The Bertz CT molecular complexity index is 1230. The van der Waals surface area contributed by atoms with Crippen LogP contribution in [0, 0.1) is 11.8 Å². The van der Waals surface area contributed by atoms with Crippen molar-refractivity contribution in [3.8, 4) is 0 Å². The Hall–Kier alpha value is -2.45. The molecule has 0 radical (unpaired) electrons. The zero-order valence-corrected chi connectivity index (χ0v) is 22.2. The fraction of sp³-hybridized carbons (Fsp3) is 0.700. The molecule has 1 aromatic heterocycles. The number of carboxylic acid groups (broad SMARTS) is 1. The lowest BCUT2D eigenvalue weighted by molar-refractivity contribution is -0.138. The minimum atomic E-state index is -0.878. The maximum Gasteiger partial charge on any atom is 0.326 e. The van der Waals surface area contributed by atoms with Crippen molar-refractivity contribution in [1.29, 1.82) is 0 Å². The molecule has 0 spiro atoms. The first-order valence-electron chi connectivity index (χ1n) is 14.9. The number of morpholine rings is 1. The highest BCUT2D eigenvalue weighted by atomic mass is 16.5. The summed E-state index contributed by atoms with van der Waals surface area (Å²) in [6, 6.07) is 8.50. The summed E-state index contributed by atoms with van der Waals surface area (Å²) in [6.45, 7) is 2.02. The van der Waals surface area contributed by atoms with Gasteiger partial charge in [-0.2, -0.15) is 0 Å². The Morgan fingerprint density at radius 3 is 2.29 bits per heavy atom. The summed E-state index contributed by atoms with van der Waals surface area (Å²) in [4.78, 5) is 35.4. The van der Waals surface area contributed by atoms with Gasteiger partial charge >= 0.3 is 5.97 Å². The van der Waals surface area contributed by atoms with Crippen LogP contribution in [0.5, 0.6) is 0 Å². The van der Waals surface area contributed by atoms with Crippen LogP contribution in [0.25, 0.3) is 11.0 Å². The molecule has 1 N–H and O–H groups in total. The lowest BCUT2D eigenvalue weighted by atomic mass is 9.82. The summed E-state index contributed by atoms with van der Waals surface area (Å²) in [6.07, 6.45) is 12.7. The number of anilines is 1. The number of piperidine rings is 1. The Morgan fingerprint density at radius 1 is 0.868 bits per heavy atom. The van der Waals surface area contributed by atoms with Gasteiger partial charge in [-0.05, 0) is 62.5 Å². The molecule has 4 bridgehead atoms. The first kappa shape index (κ1) is 24.6. The SMILES string of the molecule is O=C(O)[C@@H]1CCCN1c1nc2ccccc2n(C2C[C@H]3COC[C@@H](C2)N3C2C[C@@H]3CCC[C@@H](CC3)C2)c1=O. The molecule has 8 heteroatoms. The van der Waals surface area contributed by atoms with Gasteiger partial charge in [-0.1, -0.05) is 44.2 Å². The van der Waals surface area contributed by atoms with Crippen molar-refractivity contribution in [3.05, 3.63) is 34.6 Å². The summed E-state index contributed by atoms with van der Waals surface area (Å²) in [5.74, 6) is 1.15. The zero-order valence-electron chi connectivity index (χ0n) is 22.2. The molecule has 5 aliphatic rings. The normalized spacial score (nSPS) is 35.8. The predicted molar refractivity (Wildman–Crippen MR) is 146 cm³/mol. The van der Waals surface area contributed by atoms with Gasteiger partial charge in [0.15, 0.2) is 5.82 Å². The second-order valence-corrected chi connectivity index (χ2v) is 12.6. The average molecular weight is 521 g/mol. The van der Waals surface area contributed by atoms with Crippen molar-refractivity contribution < 1.29 is 14.6 Å². The molecule has 2 saturated carbocycles. The van der Waals surface area contributed by atoms with Gasteiger partial charge < -0.3 is 19.3 Å². The monoisotopic (exact) mass is 520 g/mol. The third-order valence-corrected chi connectivity index (χ3v) is 10.3. The van der Waals surface area contributed by atoms with E-state index in [2.05, 4.69) is 4.90 Å². The lowest BCUT2D eigenvalue weighted by Gasteiger charge is -2.53. The van der Waals surface area contributed by atoms with Gasteiger partial charge in [0.2, 0.25) is 0 Å². The molecule has 7 atom stereocenters. The third kappa shape index (κ3) is 4.24. The van der Waals surface area contributed by atoms with Crippen molar-refractivity contribution in [2.75, 3.05) is 24.7 Å². The molecule has 2 aliphatic carbocycles. The molecular weight excluding hydrogens is 480 g/mol. The van der Waals surface area contributed by atoms with E-state index in [9.17, 15) is 14.7 Å². The minimum absolute atomic E-state index is 0.0560. The fourth-order valence-electron chi connectivity index (χ4n) is 8.73. The van der Waals surface area contributed by atoms with Crippen LogP contribution in [0.3, 0.4) is 0 Å². The third-order valence-electron chi connectivity index (χ3n) is 10.3. The predicted octanol–water partition coefficient (Wildman–Crippen LogP) is 4.21. The van der Waals surface area contributed by atoms with Gasteiger partial charge in [-0.3, -0.25) is 9.69 Å². The van der Waals surface area contributed by atoms with Crippen molar-refractivity contribution >= 4 is 22.8 Å². The maximum absolute atomic E-state index is 14.1. The molecule has 7 rings (SSSR count). The molecule has 5 fully saturated rings. The molecule has 1 aromatic carbocycles. The summed E-state index contributed by atoms with van der Waals surface area (Å²) in [5.41, 5.74) is 1.48. The molecule has 2 aromatic rings. The van der Waals surface area contributed by atoms with Gasteiger partial charge in [-0.15, -0.1) is 0 Å². The topological polar surface area (TPSA) is 87.9 Å². The van der Waals surface area contributed by atoms with Crippen LogP contribution in [0.15, 0.2) is 29.1 Å². The van der Waals surface area contributed by atoms with E-state index >= 15 is 0 Å². The quantitative estimate of drug-likeness (QED) is 0.646. The molecular formula is C30H40N4O4. The minimum Gasteiger partial charge on any atom is -0.480 e. The smallest absolute Gasteiger partial charge is 0.326 e. The second-order valence-electron chi connectivity index (χ2n) is 12.6. The Kier molecular flexibility index (Phi) is 6.43. The summed E-state index contributed by atoms with van der Waals surface area (Å²) in [7, 11) is 0. The van der Waals surface area contributed by atoms with Gasteiger partial charge in [0.1, 0.15) is 6.04 Å². The van der Waals surface area contributed by atoms with Gasteiger partial charge in [0.05, 0.1) is 24.2 Å². The van der Waals surface area contributed by atoms with Gasteiger partial charge in [-0.25, -0.2) is 9.78 Å². The highest BCUT2D eigenvalue weighted by molar-refractivity contribution is 5.80. The van der Waals surface area contributed by atoms with E-state index in [1.165, 1.54) is 44.9 Å². The number of fused-ring (bicyclic) bond motifs is 6.